The first-order valence-corrected chi connectivity index (χ1v) is 10.2. The van der Waals surface area contributed by atoms with Crippen molar-refractivity contribution in [1.29, 1.82) is 0 Å². The van der Waals surface area contributed by atoms with Crippen LogP contribution >= 0.6 is 15.9 Å². The molecule has 0 radical (unpaired) electrons. The van der Waals surface area contributed by atoms with Gasteiger partial charge in [0.15, 0.2) is 0 Å². The van der Waals surface area contributed by atoms with Gasteiger partial charge in [-0.25, -0.2) is 4.39 Å². The quantitative estimate of drug-likeness (QED) is 0.492. The Balaban J connectivity index is 1.43. The summed E-state index contributed by atoms with van der Waals surface area (Å²) in [6, 6.07) is 13.1. The smallest absolute Gasteiger partial charge is 0.251 e. The van der Waals surface area contributed by atoms with Crippen LogP contribution in [0.15, 0.2) is 53.0 Å². The first-order chi connectivity index (χ1) is 13.9. The van der Waals surface area contributed by atoms with Crippen LogP contribution in [0.5, 0.6) is 5.75 Å². The van der Waals surface area contributed by atoms with Gasteiger partial charge in [-0.1, -0.05) is 12.1 Å². The molecule has 0 saturated carbocycles. The molecule has 3 rings (SSSR count). The van der Waals surface area contributed by atoms with Crippen molar-refractivity contribution in [3.63, 3.8) is 0 Å². The van der Waals surface area contributed by atoms with Gasteiger partial charge in [0.25, 0.3) is 5.91 Å². The van der Waals surface area contributed by atoms with Crippen molar-refractivity contribution in [2.24, 2.45) is 0 Å². The van der Waals surface area contributed by atoms with Gasteiger partial charge in [0, 0.05) is 24.3 Å². The van der Waals surface area contributed by atoms with Crippen LogP contribution in [0, 0.1) is 19.7 Å². The number of benzene rings is 2. The third-order valence-electron chi connectivity index (χ3n) is 4.56. The van der Waals surface area contributed by atoms with E-state index in [1.54, 1.807) is 24.3 Å². The zero-order chi connectivity index (χ0) is 20.8. The molecule has 1 aromatic heterocycles. The third kappa shape index (κ3) is 5.67. The van der Waals surface area contributed by atoms with Crippen LogP contribution in [0.2, 0.25) is 0 Å². The van der Waals surface area contributed by atoms with E-state index < -0.39 is 0 Å². The van der Waals surface area contributed by atoms with E-state index >= 15 is 0 Å². The number of carbonyl (C=O) groups excluding carboxylic acids is 1. The number of aryl methyl sites for hydroxylation is 2. The summed E-state index contributed by atoms with van der Waals surface area (Å²) >= 11 is 3.52. The molecule has 0 aliphatic rings. The molecular weight excluding hydrogens is 437 g/mol. The second-order valence-electron chi connectivity index (χ2n) is 6.76. The lowest BCUT2D eigenvalue weighted by Gasteiger charge is -2.09. The monoisotopic (exact) mass is 459 g/mol. The summed E-state index contributed by atoms with van der Waals surface area (Å²) in [6.07, 6.45) is 0.795. The van der Waals surface area contributed by atoms with Crippen LogP contribution in [0.25, 0.3) is 0 Å². The second-order valence-corrected chi connectivity index (χ2v) is 7.55. The van der Waals surface area contributed by atoms with Crippen LogP contribution in [0.1, 0.15) is 33.7 Å². The SMILES string of the molecule is Cc1nn(CCCNC(=O)c2ccc(COc3ccc(F)cc3)cc2)c(C)c1Br. The predicted octanol–water partition coefficient (Wildman–Crippen LogP) is 4.80. The Morgan fingerprint density at radius 1 is 1.14 bits per heavy atom. The second kappa shape index (κ2) is 9.69. The molecule has 0 aliphatic heterocycles. The van der Waals surface area contributed by atoms with Gasteiger partial charge in [0.05, 0.1) is 10.2 Å². The zero-order valence-corrected chi connectivity index (χ0v) is 18.0. The highest BCUT2D eigenvalue weighted by molar-refractivity contribution is 9.10. The molecule has 29 heavy (non-hydrogen) atoms. The molecule has 0 aliphatic carbocycles. The summed E-state index contributed by atoms with van der Waals surface area (Å²) in [7, 11) is 0. The van der Waals surface area contributed by atoms with E-state index in [4.69, 9.17) is 4.74 Å². The first-order valence-electron chi connectivity index (χ1n) is 9.39. The molecule has 0 unspecified atom stereocenters. The van der Waals surface area contributed by atoms with E-state index in [0.717, 1.165) is 34.4 Å². The summed E-state index contributed by atoms with van der Waals surface area (Å²) in [5.74, 6) is 0.198. The van der Waals surface area contributed by atoms with Gasteiger partial charge >= 0.3 is 0 Å². The number of nitrogens with one attached hydrogen (secondary N) is 1. The average molecular weight is 460 g/mol. The van der Waals surface area contributed by atoms with E-state index in [9.17, 15) is 9.18 Å². The highest BCUT2D eigenvalue weighted by atomic mass is 79.9. The summed E-state index contributed by atoms with van der Waals surface area (Å²) < 4.78 is 21.5. The minimum absolute atomic E-state index is 0.106. The molecule has 0 fully saturated rings. The maximum Gasteiger partial charge on any atom is 0.251 e. The molecular formula is C22H23BrFN3O2. The van der Waals surface area contributed by atoms with Gasteiger partial charge in [-0.3, -0.25) is 9.48 Å². The van der Waals surface area contributed by atoms with Gasteiger partial charge in [-0.15, -0.1) is 0 Å². The Morgan fingerprint density at radius 3 is 2.45 bits per heavy atom. The normalized spacial score (nSPS) is 10.8. The number of halogens is 2. The Morgan fingerprint density at radius 2 is 1.83 bits per heavy atom. The Kier molecular flexibility index (Phi) is 7.04. The summed E-state index contributed by atoms with van der Waals surface area (Å²) in [5, 5.41) is 7.40. The summed E-state index contributed by atoms with van der Waals surface area (Å²) in [5.41, 5.74) is 3.59. The van der Waals surface area contributed by atoms with Crippen LogP contribution in [-0.2, 0) is 13.2 Å². The molecule has 0 spiro atoms. The number of rotatable bonds is 8. The van der Waals surface area contributed by atoms with Crippen LogP contribution in [0.4, 0.5) is 4.39 Å². The van der Waals surface area contributed by atoms with Gasteiger partial charge in [0.2, 0.25) is 0 Å². The van der Waals surface area contributed by atoms with Crippen LogP contribution in [0.3, 0.4) is 0 Å². The van der Waals surface area contributed by atoms with Crippen molar-refractivity contribution in [2.75, 3.05) is 6.54 Å². The lowest BCUT2D eigenvalue weighted by Crippen LogP contribution is -2.25. The molecule has 3 aromatic rings. The fraction of sp³-hybridized carbons (Fsp3) is 0.273. The number of hydrogen-bond donors (Lipinski definition) is 1. The predicted molar refractivity (Wildman–Crippen MR) is 114 cm³/mol. The molecule has 152 valence electrons. The molecule has 1 N–H and O–H groups in total. The fourth-order valence-electron chi connectivity index (χ4n) is 2.88. The first kappa shape index (κ1) is 21.0. The molecule has 0 atom stereocenters. The summed E-state index contributed by atoms with van der Waals surface area (Å²) in [4.78, 5) is 12.3. The zero-order valence-electron chi connectivity index (χ0n) is 16.4. The van der Waals surface area contributed by atoms with Gasteiger partial charge in [-0.05, 0) is 78.2 Å². The molecule has 1 amide bonds. The molecule has 0 bridgehead atoms. The number of ether oxygens (including phenoxy) is 1. The highest BCUT2D eigenvalue weighted by Crippen LogP contribution is 2.19. The molecule has 1 heterocycles. The fourth-order valence-corrected chi connectivity index (χ4v) is 3.16. The molecule has 2 aromatic carbocycles. The number of carbonyl (C=O) groups is 1. The van der Waals surface area contributed by atoms with E-state index in [0.29, 0.717) is 24.5 Å². The topological polar surface area (TPSA) is 56.2 Å². The van der Waals surface area contributed by atoms with Crippen LogP contribution in [-0.4, -0.2) is 22.2 Å². The van der Waals surface area contributed by atoms with Gasteiger partial charge < -0.3 is 10.1 Å². The van der Waals surface area contributed by atoms with Crippen molar-refractivity contribution in [3.05, 3.63) is 81.3 Å². The Bertz CT molecular complexity index is 969. The van der Waals surface area contributed by atoms with Crippen molar-refractivity contribution < 1.29 is 13.9 Å². The van der Waals surface area contributed by atoms with E-state index in [1.165, 1.54) is 12.1 Å². The average Bonchev–Trinajstić information content (AvgIpc) is 2.97. The number of nitrogens with zero attached hydrogens (tertiary/aromatic N) is 2. The maximum atomic E-state index is 12.9. The Labute approximate surface area is 178 Å². The maximum absolute atomic E-state index is 12.9. The van der Waals surface area contributed by atoms with E-state index in [-0.39, 0.29) is 11.7 Å². The molecule has 7 heteroatoms. The lowest BCUT2D eigenvalue weighted by atomic mass is 10.1. The highest BCUT2D eigenvalue weighted by Gasteiger charge is 2.09. The minimum atomic E-state index is -0.296. The Hall–Kier alpha value is -2.67. The van der Waals surface area contributed by atoms with Gasteiger partial charge in [-0.2, -0.15) is 5.10 Å². The van der Waals surface area contributed by atoms with E-state index in [1.807, 2.05) is 30.7 Å². The third-order valence-corrected chi connectivity index (χ3v) is 5.71. The standard InChI is InChI=1S/C22H23BrFN3O2/c1-15-21(23)16(2)27(26-15)13-3-12-25-22(28)18-6-4-17(5-7-18)14-29-20-10-8-19(24)9-11-20/h4-11H,3,12-14H2,1-2H3,(H,25,28). The minimum Gasteiger partial charge on any atom is -0.489 e. The van der Waals surface area contributed by atoms with Gasteiger partial charge in [0.1, 0.15) is 18.2 Å². The molecule has 0 saturated heterocycles. The summed E-state index contributed by atoms with van der Waals surface area (Å²) in [6.45, 7) is 5.65. The molecule has 5 nitrogen and oxygen atoms in total. The van der Waals surface area contributed by atoms with Crippen molar-refractivity contribution >= 4 is 21.8 Å². The van der Waals surface area contributed by atoms with Crippen molar-refractivity contribution in [3.8, 4) is 5.75 Å². The van der Waals surface area contributed by atoms with Crippen LogP contribution < -0.4 is 10.1 Å². The number of hydrogen-bond acceptors (Lipinski definition) is 3. The number of aromatic nitrogens is 2. The number of amides is 1. The largest absolute Gasteiger partial charge is 0.489 e. The van der Waals surface area contributed by atoms with Crippen molar-refractivity contribution in [2.45, 2.75) is 33.4 Å². The van der Waals surface area contributed by atoms with E-state index in [2.05, 4.69) is 26.3 Å². The van der Waals surface area contributed by atoms with Crippen molar-refractivity contribution in [1.82, 2.24) is 15.1 Å². The lowest BCUT2D eigenvalue weighted by molar-refractivity contribution is 0.0952.